The maximum Gasteiger partial charge on any atom is 0.417 e. The van der Waals surface area contributed by atoms with Crippen LogP contribution in [0, 0.1) is 6.92 Å². The predicted molar refractivity (Wildman–Crippen MR) is 73.1 cm³/mol. The fourth-order valence-electron chi connectivity index (χ4n) is 2.00. The molecule has 0 aliphatic rings. The highest BCUT2D eigenvalue weighted by molar-refractivity contribution is 5.79. The molecule has 2 heterocycles. The first-order valence-electron chi connectivity index (χ1n) is 5.98. The maximum atomic E-state index is 11.1. The lowest BCUT2D eigenvalue weighted by Crippen LogP contribution is -2.01. The lowest BCUT2D eigenvalue weighted by molar-refractivity contribution is 0.555. The molecule has 2 N–H and O–H groups in total. The number of benzene rings is 1. The Morgan fingerprint density at radius 1 is 1.42 bits per heavy atom. The minimum absolute atomic E-state index is 0.432. The number of anilines is 1. The monoisotopic (exact) mass is 255 g/mol. The third-order valence-electron chi connectivity index (χ3n) is 2.97. The van der Waals surface area contributed by atoms with E-state index in [2.05, 4.69) is 15.3 Å². The van der Waals surface area contributed by atoms with Crippen molar-refractivity contribution in [3.8, 4) is 0 Å². The van der Waals surface area contributed by atoms with E-state index in [0.29, 0.717) is 12.1 Å². The Labute approximate surface area is 109 Å². The standard InChI is InChI=1S/C14H13N3O2/c1-9-5-12-13(19-14(18)17-12)6-11(9)16-8-10-3-2-4-15-7-10/h2-7,16H,8H2,1H3,(H,17,18). The van der Waals surface area contributed by atoms with Gasteiger partial charge < -0.3 is 9.73 Å². The Morgan fingerprint density at radius 2 is 2.32 bits per heavy atom. The largest absolute Gasteiger partial charge is 0.417 e. The average molecular weight is 255 g/mol. The summed E-state index contributed by atoms with van der Waals surface area (Å²) in [5, 5.41) is 3.31. The number of oxazole rings is 1. The summed E-state index contributed by atoms with van der Waals surface area (Å²) < 4.78 is 5.05. The number of hydrogen-bond donors (Lipinski definition) is 2. The molecule has 0 bridgehead atoms. The summed E-state index contributed by atoms with van der Waals surface area (Å²) in [4.78, 5) is 17.8. The van der Waals surface area contributed by atoms with E-state index < -0.39 is 5.76 Å². The number of aryl methyl sites for hydroxylation is 1. The molecule has 3 rings (SSSR count). The second-order valence-corrected chi connectivity index (χ2v) is 4.39. The quantitative estimate of drug-likeness (QED) is 0.754. The van der Waals surface area contributed by atoms with Crippen molar-refractivity contribution in [3.63, 3.8) is 0 Å². The minimum Gasteiger partial charge on any atom is -0.408 e. The summed E-state index contributed by atoms with van der Waals surface area (Å²) in [6, 6.07) is 7.63. The fraction of sp³-hybridized carbons (Fsp3) is 0.143. The van der Waals surface area contributed by atoms with E-state index >= 15 is 0 Å². The molecule has 2 aromatic heterocycles. The first-order chi connectivity index (χ1) is 9.22. The average Bonchev–Trinajstić information content (AvgIpc) is 2.76. The molecule has 0 amide bonds. The number of rotatable bonds is 3. The Balaban J connectivity index is 1.88. The highest BCUT2D eigenvalue weighted by atomic mass is 16.4. The van der Waals surface area contributed by atoms with Gasteiger partial charge in [0.15, 0.2) is 5.58 Å². The zero-order valence-corrected chi connectivity index (χ0v) is 10.4. The number of pyridine rings is 1. The van der Waals surface area contributed by atoms with Crippen LogP contribution < -0.4 is 11.1 Å². The van der Waals surface area contributed by atoms with E-state index in [1.54, 1.807) is 6.20 Å². The first kappa shape index (κ1) is 11.5. The minimum atomic E-state index is -0.432. The van der Waals surface area contributed by atoms with Crippen molar-refractivity contribution in [1.29, 1.82) is 0 Å². The zero-order valence-electron chi connectivity index (χ0n) is 10.4. The molecule has 96 valence electrons. The van der Waals surface area contributed by atoms with E-state index in [0.717, 1.165) is 22.3 Å². The number of aromatic nitrogens is 2. The van der Waals surface area contributed by atoms with E-state index in [9.17, 15) is 4.79 Å². The second-order valence-electron chi connectivity index (χ2n) is 4.39. The Hall–Kier alpha value is -2.56. The lowest BCUT2D eigenvalue weighted by atomic mass is 10.1. The number of nitrogens with one attached hydrogen (secondary N) is 2. The summed E-state index contributed by atoms with van der Waals surface area (Å²) in [5.41, 5.74) is 4.36. The zero-order chi connectivity index (χ0) is 13.2. The SMILES string of the molecule is Cc1cc2[nH]c(=O)oc2cc1NCc1cccnc1. The lowest BCUT2D eigenvalue weighted by Gasteiger charge is -2.09. The number of fused-ring (bicyclic) bond motifs is 1. The van der Waals surface area contributed by atoms with Gasteiger partial charge in [0.25, 0.3) is 0 Å². The molecule has 3 aromatic rings. The van der Waals surface area contributed by atoms with Crippen LogP contribution in [-0.2, 0) is 6.54 Å². The van der Waals surface area contributed by atoms with Crippen LogP contribution >= 0.6 is 0 Å². The highest BCUT2D eigenvalue weighted by Gasteiger charge is 2.05. The van der Waals surface area contributed by atoms with Gasteiger partial charge >= 0.3 is 5.76 Å². The van der Waals surface area contributed by atoms with Crippen LogP contribution in [0.3, 0.4) is 0 Å². The van der Waals surface area contributed by atoms with Gasteiger partial charge in [0.1, 0.15) is 0 Å². The number of nitrogens with zero attached hydrogens (tertiary/aromatic N) is 1. The molecule has 0 saturated carbocycles. The summed E-state index contributed by atoms with van der Waals surface area (Å²) in [6.07, 6.45) is 3.56. The predicted octanol–water partition coefficient (Wildman–Crippen LogP) is 2.44. The molecular weight excluding hydrogens is 242 g/mol. The van der Waals surface area contributed by atoms with Crippen LogP contribution in [0.15, 0.2) is 45.9 Å². The van der Waals surface area contributed by atoms with Crippen molar-refractivity contribution in [2.75, 3.05) is 5.32 Å². The van der Waals surface area contributed by atoms with Gasteiger partial charge in [-0.1, -0.05) is 6.07 Å². The third kappa shape index (κ3) is 2.35. The number of aromatic amines is 1. The van der Waals surface area contributed by atoms with E-state index in [1.807, 2.05) is 37.4 Å². The Kier molecular flexibility index (Phi) is 2.79. The molecule has 1 aromatic carbocycles. The molecule has 0 radical (unpaired) electrons. The van der Waals surface area contributed by atoms with Gasteiger partial charge in [0.05, 0.1) is 5.52 Å². The van der Waals surface area contributed by atoms with Crippen LogP contribution in [0.5, 0.6) is 0 Å². The highest BCUT2D eigenvalue weighted by Crippen LogP contribution is 2.22. The van der Waals surface area contributed by atoms with Crippen molar-refractivity contribution in [2.24, 2.45) is 0 Å². The number of H-pyrrole nitrogens is 1. The van der Waals surface area contributed by atoms with Crippen molar-refractivity contribution in [2.45, 2.75) is 13.5 Å². The first-order valence-corrected chi connectivity index (χ1v) is 5.98. The van der Waals surface area contributed by atoms with Gasteiger partial charge in [-0.05, 0) is 30.2 Å². The third-order valence-corrected chi connectivity index (χ3v) is 2.97. The van der Waals surface area contributed by atoms with Crippen molar-refractivity contribution in [3.05, 3.63) is 58.3 Å². The Morgan fingerprint density at radius 3 is 3.11 bits per heavy atom. The normalized spacial score (nSPS) is 10.8. The molecule has 0 atom stereocenters. The van der Waals surface area contributed by atoms with E-state index in [4.69, 9.17) is 4.42 Å². The van der Waals surface area contributed by atoms with Gasteiger partial charge in [-0.3, -0.25) is 9.97 Å². The molecule has 5 nitrogen and oxygen atoms in total. The van der Waals surface area contributed by atoms with Crippen LogP contribution in [0.4, 0.5) is 5.69 Å². The summed E-state index contributed by atoms with van der Waals surface area (Å²) >= 11 is 0. The van der Waals surface area contributed by atoms with Gasteiger partial charge in [-0.25, -0.2) is 4.79 Å². The van der Waals surface area contributed by atoms with Gasteiger partial charge in [0.2, 0.25) is 0 Å². The van der Waals surface area contributed by atoms with Crippen LogP contribution in [0.25, 0.3) is 11.1 Å². The van der Waals surface area contributed by atoms with Crippen molar-refractivity contribution in [1.82, 2.24) is 9.97 Å². The van der Waals surface area contributed by atoms with E-state index in [-0.39, 0.29) is 0 Å². The molecule has 0 aliphatic heterocycles. The fourth-order valence-corrected chi connectivity index (χ4v) is 2.00. The smallest absolute Gasteiger partial charge is 0.408 e. The van der Waals surface area contributed by atoms with Crippen LogP contribution in [-0.4, -0.2) is 9.97 Å². The molecular formula is C14H13N3O2. The summed E-state index contributed by atoms with van der Waals surface area (Å²) in [7, 11) is 0. The summed E-state index contributed by atoms with van der Waals surface area (Å²) in [6.45, 7) is 2.66. The van der Waals surface area contributed by atoms with Gasteiger partial charge in [-0.15, -0.1) is 0 Å². The molecule has 0 aliphatic carbocycles. The van der Waals surface area contributed by atoms with Crippen molar-refractivity contribution >= 4 is 16.8 Å². The van der Waals surface area contributed by atoms with Gasteiger partial charge in [-0.2, -0.15) is 0 Å². The second kappa shape index (κ2) is 4.61. The molecule has 0 saturated heterocycles. The van der Waals surface area contributed by atoms with Crippen molar-refractivity contribution < 1.29 is 4.42 Å². The topological polar surface area (TPSA) is 70.9 Å². The molecule has 0 spiro atoms. The number of hydrogen-bond acceptors (Lipinski definition) is 4. The molecule has 5 heteroatoms. The van der Waals surface area contributed by atoms with Gasteiger partial charge in [0, 0.05) is 30.7 Å². The van der Waals surface area contributed by atoms with Crippen LogP contribution in [0.2, 0.25) is 0 Å². The molecule has 19 heavy (non-hydrogen) atoms. The summed E-state index contributed by atoms with van der Waals surface area (Å²) in [5.74, 6) is -0.432. The maximum absolute atomic E-state index is 11.1. The molecule has 0 fully saturated rings. The Bertz CT molecular complexity index is 759. The molecule has 0 unspecified atom stereocenters. The van der Waals surface area contributed by atoms with Crippen LogP contribution in [0.1, 0.15) is 11.1 Å². The van der Waals surface area contributed by atoms with E-state index in [1.165, 1.54) is 0 Å².